The Balaban J connectivity index is 2.35. The topological polar surface area (TPSA) is 30.2 Å². The van der Waals surface area contributed by atoms with Gasteiger partial charge in [-0.2, -0.15) is 0 Å². The number of para-hydroxylation sites is 2. The highest BCUT2D eigenvalue weighted by Gasteiger charge is 2.13. The summed E-state index contributed by atoms with van der Waals surface area (Å²) in [5.41, 5.74) is 3.95. The highest BCUT2D eigenvalue weighted by Crippen LogP contribution is 2.31. The number of rotatable bonds is 0. The van der Waals surface area contributed by atoms with E-state index in [1.165, 1.54) is 0 Å². The predicted octanol–water partition coefficient (Wildman–Crippen LogP) is 4.87. The van der Waals surface area contributed by atoms with Crippen LogP contribution in [-0.4, -0.2) is 14.4 Å². The van der Waals surface area contributed by atoms with Gasteiger partial charge in [-0.25, -0.2) is 9.97 Å². The average Bonchev–Trinajstić information content (AvgIpc) is 2.80. The summed E-state index contributed by atoms with van der Waals surface area (Å²) in [6.07, 6.45) is 0. The average molecular weight is 391 g/mol. The second-order valence-electron chi connectivity index (χ2n) is 4.70. The second-order valence-corrected chi connectivity index (χ2v) is 6.47. The van der Waals surface area contributed by atoms with Crippen LogP contribution >= 0.6 is 31.9 Å². The molecule has 2 heterocycles. The third-order valence-corrected chi connectivity index (χ3v) is 4.49. The number of nitrogens with zero attached hydrogens (tertiary/aromatic N) is 3. The number of hydrogen-bond acceptors (Lipinski definition) is 2. The van der Waals surface area contributed by atoms with Crippen LogP contribution in [0.5, 0.6) is 0 Å². The van der Waals surface area contributed by atoms with E-state index in [0.717, 1.165) is 42.4 Å². The van der Waals surface area contributed by atoms with Crippen LogP contribution < -0.4 is 0 Å². The van der Waals surface area contributed by atoms with Crippen LogP contribution in [0.4, 0.5) is 0 Å². The van der Waals surface area contributed by atoms with Gasteiger partial charge < -0.3 is 0 Å². The summed E-state index contributed by atoms with van der Waals surface area (Å²) >= 11 is 7.12. The molecule has 0 atom stereocenters. The minimum atomic E-state index is 0.934. The van der Waals surface area contributed by atoms with Gasteiger partial charge in [0.2, 0.25) is 0 Å². The monoisotopic (exact) mass is 389 g/mol. The lowest BCUT2D eigenvalue weighted by atomic mass is 10.2. The first kappa shape index (κ1) is 12.3. The molecule has 0 radical (unpaired) electrons. The maximum atomic E-state index is 4.77. The molecule has 3 nitrogen and oxygen atoms in total. The third kappa shape index (κ3) is 1.63. The Morgan fingerprint density at radius 2 is 1.85 bits per heavy atom. The third-order valence-electron chi connectivity index (χ3n) is 3.43. The van der Waals surface area contributed by atoms with E-state index in [2.05, 4.69) is 48.4 Å². The van der Waals surface area contributed by atoms with Gasteiger partial charge in [0, 0.05) is 14.3 Å². The molecule has 20 heavy (non-hydrogen) atoms. The molecule has 0 spiro atoms. The molecule has 0 N–H and O–H groups in total. The van der Waals surface area contributed by atoms with Crippen molar-refractivity contribution in [2.45, 2.75) is 6.92 Å². The molecule has 0 aliphatic rings. The Morgan fingerprint density at radius 1 is 1.05 bits per heavy atom. The SMILES string of the molecule is Cc1nc2c(Br)cc(Br)cc2c2nc3ccccc3n12. The zero-order valence-electron chi connectivity index (χ0n) is 10.6. The van der Waals surface area contributed by atoms with E-state index >= 15 is 0 Å². The lowest BCUT2D eigenvalue weighted by Crippen LogP contribution is -1.97. The van der Waals surface area contributed by atoms with E-state index in [1.807, 2.05) is 31.2 Å². The van der Waals surface area contributed by atoms with E-state index in [1.54, 1.807) is 0 Å². The van der Waals surface area contributed by atoms with Crippen molar-refractivity contribution in [1.82, 2.24) is 14.4 Å². The molecule has 4 aromatic rings. The number of imidazole rings is 1. The first-order chi connectivity index (χ1) is 9.65. The molecule has 2 aromatic carbocycles. The van der Waals surface area contributed by atoms with Crippen molar-refractivity contribution in [3.63, 3.8) is 0 Å². The van der Waals surface area contributed by atoms with Crippen molar-refractivity contribution < 1.29 is 0 Å². The highest BCUT2D eigenvalue weighted by atomic mass is 79.9. The van der Waals surface area contributed by atoms with E-state index < -0.39 is 0 Å². The lowest BCUT2D eigenvalue weighted by molar-refractivity contribution is 1.04. The Hall–Kier alpha value is -1.46. The number of aromatic nitrogens is 3. The summed E-state index contributed by atoms with van der Waals surface area (Å²) in [5, 5.41) is 1.04. The van der Waals surface area contributed by atoms with Crippen LogP contribution in [0.3, 0.4) is 0 Å². The minimum absolute atomic E-state index is 0.934. The fourth-order valence-electron chi connectivity index (χ4n) is 2.60. The van der Waals surface area contributed by atoms with Gasteiger partial charge in [-0.1, -0.05) is 28.1 Å². The quantitative estimate of drug-likeness (QED) is 0.428. The molecule has 0 saturated heterocycles. The van der Waals surface area contributed by atoms with Gasteiger partial charge in [-0.05, 0) is 47.1 Å². The number of hydrogen-bond donors (Lipinski definition) is 0. The van der Waals surface area contributed by atoms with E-state index in [4.69, 9.17) is 9.97 Å². The van der Waals surface area contributed by atoms with Gasteiger partial charge in [-0.3, -0.25) is 4.40 Å². The maximum Gasteiger partial charge on any atom is 0.148 e. The zero-order chi connectivity index (χ0) is 13.9. The van der Waals surface area contributed by atoms with Crippen molar-refractivity contribution in [3.05, 3.63) is 51.2 Å². The van der Waals surface area contributed by atoms with Gasteiger partial charge in [0.15, 0.2) is 0 Å². The molecule has 4 rings (SSSR count). The van der Waals surface area contributed by atoms with Crippen LogP contribution in [0.2, 0.25) is 0 Å². The molecule has 0 fully saturated rings. The smallest absolute Gasteiger partial charge is 0.148 e. The van der Waals surface area contributed by atoms with Gasteiger partial charge in [0.05, 0.1) is 16.6 Å². The number of benzene rings is 2. The fourth-order valence-corrected chi connectivity index (χ4v) is 3.91. The summed E-state index contributed by atoms with van der Waals surface area (Å²) in [6, 6.07) is 12.2. The molecular formula is C15H9Br2N3. The van der Waals surface area contributed by atoms with Crippen molar-refractivity contribution in [1.29, 1.82) is 0 Å². The van der Waals surface area contributed by atoms with Gasteiger partial charge in [0.25, 0.3) is 0 Å². The van der Waals surface area contributed by atoms with Gasteiger partial charge in [0.1, 0.15) is 11.5 Å². The predicted molar refractivity (Wildman–Crippen MR) is 88.1 cm³/mol. The van der Waals surface area contributed by atoms with Crippen molar-refractivity contribution in [2.75, 3.05) is 0 Å². The van der Waals surface area contributed by atoms with E-state index in [0.29, 0.717) is 0 Å². The van der Waals surface area contributed by atoms with Crippen LogP contribution in [-0.2, 0) is 0 Å². The number of fused-ring (bicyclic) bond motifs is 5. The second kappa shape index (κ2) is 4.27. The summed E-state index contributed by atoms with van der Waals surface area (Å²) in [6.45, 7) is 2.01. The molecule has 0 saturated carbocycles. The molecule has 2 aromatic heterocycles. The number of halogens is 2. The minimum Gasteiger partial charge on any atom is -0.280 e. The van der Waals surface area contributed by atoms with Crippen molar-refractivity contribution in [3.8, 4) is 0 Å². The summed E-state index contributed by atoms with van der Waals surface area (Å²) in [4.78, 5) is 9.49. The highest BCUT2D eigenvalue weighted by molar-refractivity contribution is 9.11. The van der Waals surface area contributed by atoms with Crippen LogP contribution in [0, 0.1) is 6.92 Å². The Labute approximate surface area is 131 Å². The van der Waals surface area contributed by atoms with Crippen LogP contribution in [0.15, 0.2) is 45.3 Å². The molecule has 5 heteroatoms. The molecule has 0 aliphatic heterocycles. The summed E-state index contributed by atoms with van der Waals surface area (Å²) < 4.78 is 4.09. The lowest BCUT2D eigenvalue weighted by Gasteiger charge is -2.07. The first-order valence-corrected chi connectivity index (χ1v) is 7.76. The molecule has 98 valence electrons. The maximum absolute atomic E-state index is 4.77. The summed E-state index contributed by atoms with van der Waals surface area (Å²) in [5.74, 6) is 0.934. The molecule has 0 amide bonds. The van der Waals surface area contributed by atoms with E-state index in [-0.39, 0.29) is 0 Å². The van der Waals surface area contributed by atoms with Crippen LogP contribution in [0.25, 0.3) is 27.6 Å². The van der Waals surface area contributed by atoms with Crippen molar-refractivity contribution >= 4 is 59.4 Å². The fraction of sp³-hybridized carbons (Fsp3) is 0.0667. The molecule has 0 bridgehead atoms. The molecule has 0 aliphatic carbocycles. The van der Waals surface area contributed by atoms with Gasteiger partial charge in [-0.15, -0.1) is 0 Å². The van der Waals surface area contributed by atoms with Crippen molar-refractivity contribution in [2.24, 2.45) is 0 Å². The first-order valence-electron chi connectivity index (χ1n) is 6.18. The normalized spacial score (nSPS) is 11.8. The Morgan fingerprint density at radius 3 is 2.70 bits per heavy atom. The molecule has 0 unspecified atom stereocenters. The summed E-state index contributed by atoms with van der Waals surface area (Å²) in [7, 11) is 0. The largest absolute Gasteiger partial charge is 0.280 e. The van der Waals surface area contributed by atoms with Gasteiger partial charge >= 0.3 is 0 Å². The molecular weight excluding hydrogens is 382 g/mol. The Bertz CT molecular complexity index is 989. The Kier molecular flexibility index (Phi) is 2.62. The van der Waals surface area contributed by atoms with E-state index in [9.17, 15) is 0 Å². The zero-order valence-corrected chi connectivity index (χ0v) is 13.7. The van der Waals surface area contributed by atoms with Crippen LogP contribution in [0.1, 0.15) is 5.82 Å². The number of aryl methyl sites for hydroxylation is 1. The standard InChI is InChI=1S/C15H9Br2N3/c1-8-18-14-10(6-9(16)7-11(14)17)15-19-12-4-2-3-5-13(12)20(8)15/h2-7H,1H3.